The summed E-state index contributed by atoms with van der Waals surface area (Å²) in [5, 5.41) is 0. The summed E-state index contributed by atoms with van der Waals surface area (Å²) in [6, 6.07) is 0.454. The molecule has 1 aliphatic carbocycles. The molecule has 1 aliphatic rings. The molecule has 1 rings (SSSR count). The summed E-state index contributed by atoms with van der Waals surface area (Å²) in [7, 11) is -3.06. The molecule has 0 aromatic carbocycles. The van der Waals surface area contributed by atoms with Crippen LogP contribution < -0.4 is 5.73 Å². The van der Waals surface area contributed by atoms with Crippen molar-refractivity contribution >= 4 is 10.0 Å². The van der Waals surface area contributed by atoms with Gasteiger partial charge in [-0.3, -0.25) is 0 Å². The number of nitrogens with two attached hydrogens (primary N) is 1. The average Bonchev–Trinajstić information content (AvgIpc) is 2.27. The van der Waals surface area contributed by atoms with Crippen LogP contribution in [0, 0.1) is 0 Å². The SMILES string of the molecule is CCCN(C1CCC(N)CC1)S(=O)(=O)CCC. The molecule has 0 aromatic rings. The van der Waals surface area contributed by atoms with E-state index in [0.717, 1.165) is 32.1 Å². The number of nitrogens with zero attached hydrogens (tertiary/aromatic N) is 1. The Morgan fingerprint density at radius 1 is 1.12 bits per heavy atom. The van der Waals surface area contributed by atoms with Crippen LogP contribution in [0.1, 0.15) is 52.4 Å². The minimum Gasteiger partial charge on any atom is -0.328 e. The van der Waals surface area contributed by atoms with Gasteiger partial charge in [-0.15, -0.1) is 0 Å². The summed E-state index contributed by atoms with van der Waals surface area (Å²) in [5.74, 6) is 0.273. The third-order valence-electron chi connectivity index (χ3n) is 3.41. The van der Waals surface area contributed by atoms with Crippen LogP contribution in [0.25, 0.3) is 0 Å². The molecule has 0 aromatic heterocycles. The Hall–Kier alpha value is -0.130. The molecule has 0 saturated heterocycles. The van der Waals surface area contributed by atoms with Gasteiger partial charge in [0.15, 0.2) is 0 Å². The van der Waals surface area contributed by atoms with E-state index >= 15 is 0 Å². The first-order valence-corrected chi connectivity index (χ1v) is 8.37. The van der Waals surface area contributed by atoms with Crippen molar-refractivity contribution < 1.29 is 8.42 Å². The first kappa shape index (κ1) is 14.9. The minimum atomic E-state index is -3.06. The highest BCUT2D eigenvalue weighted by molar-refractivity contribution is 7.89. The van der Waals surface area contributed by atoms with E-state index in [0.29, 0.717) is 13.0 Å². The largest absolute Gasteiger partial charge is 0.328 e. The standard InChI is InChI=1S/C12H26N2O2S/c1-3-9-14(17(15,16)10-4-2)12-7-5-11(13)6-8-12/h11-12H,3-10,13H2,1-2H3. The zero-order valence-corrected chi connectivity index (χ0v) is 11.9. The molecule has 0 spiro atoms. The first-order chi connectivity index (χ1) is 8.01. The second kappa shape index (κ2) is 6.71. The second-order valence-electron chi connectivity index (χ2n) is 5.00. The summed E-state index contributed by atoms with van der Waals surface area (Å²) >= 11 is 0. The fourth-order valence-electron chi connectivity index (χ4n) is 2.53. The van der Waals surface area contributed by atoms with Gasteiger partial charge in [0.05, 0.1) is 5.75 Å². The van der Waals surface area contributed by atoms with Gasteiger partial charge in [0.25, 0.3) is 0 Å². The normalized spacial score (nSPS) is 26.4. The molecule has 4 nitrogen and oxygen atoms in total. The van der Waals surface area contributed by atoms with Gasteiger partial charge in [0.2, 0.25) is 10.0 Å². The number of hydrogen-bond acceptors (Lipinski definition) is 3. The fraction of sp³-hybridized carbons (Fsp3) is 1.00. The fourth-order valence-corrected chi connectivity index (χ4v) is 4.41. The Morgan fingerprint density at radius 3 is 2.18 bits per heavy atom. The van der Waals surface area contributed by atoms with Crippen molar-refractivity contribution in [3.05, 3.63) is 0 Å². The number of hydrogen-bond donors (Lipinski definition) is 1. The van der Waals surface area contributed by atoms with Crippen LogP contribution in [-0.4, -0.2) is 37.1 Å². The van der Waals surface area contributed by atoms with Gasteiger partial charge in [-0.05, 0) is 38.5 Å². The average molecular weight is 262 g/mol. The van der Waals surface area contributed by atoms with Gasteiger partial charge in [0, 0.05) is 18.6 Å². The first-order valence-electron chi connectivity index (χ1n) is 6.76. The highest BCUT2D eigenvalue weighted by atomic mass is 32.2. The molecule has 0 heterocycles. The van der Waals surface area contributed by atoms with Crippen molar-refractivity contribution in [1.82, 2.24) is 4.31 Å². The van der Waals surface area contributed by atoms with Crippen molar-refractivity contribution in [1.29, 1.82) is 0 Å². The maximum Gasteiger partial charge on any atom is 0.214 e. The maximum atomic E-state index is 12.2. The van der Waals surface area contributed by atoms with Crippen molar-refractivity contribution in [2.45, 2.75) is 64.5 Å². The quantitative estimate of drug-likeness (QED) is 0.792. The molecular formula is C12H26N2O2S. The van der Waals surface area contributed by atoms with Crippen LogP contribution in [0.15, 0.2) is 0 Å². The van der Waals surface area contributed by atoms with Gasteiger partial charge in [0.1, 0.15) is 0 Å². The maximum absolute atomic E-state index is 12.2. The Balaban J connectivity index is 2.71. The second-order valence-corrected chi connectivity index (χ2v) is 7.04. The molecule has 0 aliphatic heterocycles. The Kier molecular flexibility index (Phi) is 5.89. The molecule has 5 heteroatoms. The predicted octanol–water partition coefficient (Wildman–Crippen LogP) is 1.71. The summed E-state index contributed by atoms with van der Waals surface area (Å²) < 4.78 is 26.1. The topological polar surface area (TPSA) is 63.4 Å². The van der Waals surface area contributed by atoms with Crippen molar-refractivity contribution in [2.24, 2.45) is 5.73 Å². The highest BCUT2D eigenvalue weighted by Crippen LogP contribution is 2.25. The van der Waals surface area contributed by atoms with Gasteiger partial charge >= 0.3 is 0 Å². The third kappa shape index (κ3) is 4.23. The van der Waals surface area contributed by atoms with E-state index in [2.05, 4.69) is 0 Å². The van der Waals surface area contributed by atoms with Crippen LogP contribution in [0.2, 0.25) is 0 Å². The highest BCUT2D eigenvalue weighted by Gasteiger charge is 2.31. The van der Waals surface area contributed by atoms with Crippen LogP contribution in [0.3, 0.4) is 0 Å². The molecule has 102 valence electrons. The van der Waals surface area contributed by atoms with Crippen molar-refractivity contribution in [3.8, 4) is 0 Å². The minimum absolute atomic E-state index is 0.186. The molecule has 0 amide bonds. The van der Waals surface area contributed by atoms with E-state index in [1.165, 1.54) is 0 Å². The van der Waals surface area contributed by atoms with E-state index < -0.39 is 10.0 Å². The Labute approximate surface area is 106 Å². The molecule has 0 bridgehead atoms. The lowest BCUT2D eigenvalue weighted by Gasteiger charge is -2.35. The van der Waals surface area contributed by atoms with E-state index in [9.17, 15) is 8.42 Å². The van der Waals surface area contributed by atoms with Gasteiger partial charge < -0.3 is 5.73 Å². The lowest BCUT2D eigenvalue weighted by molar-refractivity contribution is 0.240. The number of rotatable bonds is 6. The summed E-state index contributed by atoms with van der Waals surface area (Å²) in [6.07, 6.45) is 5.31. The Bertz CT molecular complexity index is 308. The Morgan fingerprint density at radius 2 is 1.71 bits per heavy atom. The molecule has 2 N–H and O–H groups in total. The molecule has 0 radical (unpaired) electrons. The summed E-state index contributed by atoms with van der Waals surface area (Å²) in [6.45, 7) is 4.60. The molecule has 17 heavy (non-hydrogen) atoms. The van der Waals surface area contributed by atoms with Crippen molar-refractivity contribution in [2.75, 3.05) is 12.3 Å². The lowest BCUT2D eigenvalue weighted by Crippen LogP contribution is -2.45. The van der Waals surface area contributed by atoms with Crippen molar-refractivity contribution in [3.63, 3.8) is 0 Å². The smallest absolute Gasteiger partial charge is 0.214 e. The van der Waals surface area contributed by atoms with Gasteiger partial charge in [-0.25, -0.2) is 8.42 Å². The van der Waals surface area contributed by atoms with Crippen LogP contribution in [0.5, 0.6) is 0 Å². The summed E-state index contributed by atoms with van der Waals surface area (Å²) in [4.78, 5) is 0. The molecule has 0 atom stereocenters. The van der Waals surface area contributed by atoms with E-state index in [1.807, 2.05) is 13.8 Å². The zero-order valence-electron chi connectivity index (χ0n) is 11.1. The zero-order chi connectivity index (χ0) is 12.9. The number of sulfonamides is 1. The van der Waals surface area contributed by atoms with E-state index in [4.69, 9.17) is 5.73 Å². The van der Waals surface area contributed by atoms with Gasteiger partial charge in [-0.1, -0.05) is 13.8 Å². The predicted molar refractivity (Wildman–Crippen MR) is 71.3 cm³/mol. The monoisotopic (exact) mass is 262 g/mol. The third-order valence-corrected chi connectivity index (χ3v) is 5.53. The van der Waals surface area contributed by atoms with E-state index in [1.54, 1.807) is 4.31 Å². The van der Waals surface area contributed by atoms with Crippen LogP contribution in [-0.2, 0) is 10.0 Å². The lowest BCUT2D eigenvalue weighted by atomic mass is 9.92. The van der Waals surface area contributed by atoms with Gasteiger partial charge in [-0.2, -0.15) is 4.31 Å². The molecular weight excluding hydrogens is 236 g/mol. The van der Waals surface area contributed by atoms with Crippen LogP contribution >= 0.6 is 0 Å². The van der Waals surface area contributed by atoms with Crippen LogP contribution in [0.4, 0.5) is 0 Å². The molecule has 0 unspecified atom stereocenters. The molecule has 1 fully saturated rings. The van der Waals surface area contributed by atoms with E-state index in [-0.39, 0.29) is 17.8 Å². The summed E-state index contributed by atoms with van der Waals surface area (Å²) in [5.41, 5.74) is 5.87. The molecule has 1 saturated carbocycles.